The van der Waals surface area contributed by atoms with Gasteiger partial charge in [-0.1, -0.05) is 24.0 Å². The lowest BCUT2D eigenvalue weighted by Crippen LogP contribution is -2.27. The smallest absolute Gasteiger partial charge is 0.316 e. The molecule has 1 rings (SSSR count). The summed E-state index contributed by atoms with van der Waals surface area (Å²) in [6.07, 6.45) is 2.40. The van der Waals surface area contributed by atoms with E-state index >= 15 is 0 Å². The van der Waals surface area contributed by atoms with Crippen molar-refractivity contribution in [2.75, 3.05) is 18.8 Å². The molecule has 0 bridgehead atoms. The van der Waals surface area contributed by atoms with E-state index < -0.39 is 5.60 Å². The number of carbonyl (C=O) groups is 1. The summed E-state index contributed by atoms with van der Waals surface area (Å²) in [4.78, 5) is 13.6. The molecule has 1 aliphatic heterocycles. The number of thiocarbonyl (C=S) groups is 1. The van der Waals surface area contributed by atoms with Crippen LogP contribution < -0.4 is 0 Å². The van der Waals surface area contributed by atoms with Gasteiger partial charge in [0.25, 0.3) is 0 Å². The second-order valence-corrected chi connectivity index (χ2v) is 6.44. The Morgan fingerprint density at radius 1 is 1.38 bits per heavy atom. The molecule has 1 fully saturated rings. The fraction of sp³-hybridized carbons (Fsp3) is 0.818. The molecule has 0 aromatic rings. The van der Waals surface area contributed by atoms with Crippen molar-refractivity contribution in [1.29, 1.82) is 0 Å². The molecule has 0 spiro atoms. The maximum absolute atomic E-state index is 11.5. The Balaban J connectivity index is 2.23. The monoisotopic (exact) mass is 261 g/mol. The van der Waals surface area contributed by atoms with Crippen LogP contribution in [0.1, 0.15) is 33.6 Å². The van der Waals surface area contributed by atoms with E-state index in [1.807, 2.05) is 20.8 Å². The molecule has 0 radical (unpaired) electrons. The van der Waals surface area contributed by atoms with Gasteiger partial charge in [0.2, 0.25) is 0 Å². The molecule has 0 aromatic carbocycles. The minimum Gasteiger partial charge on any atom is -0.459 e. The van der Waals surface area contributed by atoms with Gasteiger partial charge in [0.1, 0.15) is 9.92 Å². The van der Waals surface area contributed by atoms with Crippen molar-refractivity contribution < 1.29 is 9.53 Å². The second kappa shape index (κ2) is 5.87. The van der Waals surface area contributed by atoms with Crippen LogP contribution in [0.4, 0.5) is 0 Å². The molecular weight excluding hydrogens is 242 g/mol. The molecule has 0 aliphatic carbocycles. The zero-order valence-electron chi connectivity index (χ0n) is 10.1. The van der Waals surface area contributed by atoms with Crippen LogP contribution in [-0.4, -0.2) is 39.6 Å². The molecule has 0 saturated carbocycles. The lowest BCUT2D eigenvalue weighted by molar-refractivity contribution is -0.151. The predicted molar refractivity (Wildman–Crippen MR) is 71.7 cm³/mol. The summed E-state index contributed by atoms with van der Waals surface area (Å²) in [6, 6.07) is 0. The first kappa shape index (κ1) is 13.8. The third kappa shape index (κ3) is 5.16. The van der Waals surface area contributed by atoms with Gasteiger partial charge in [0.05, 0.1) is 5.75 Å². The Bertz CT molecular complexity index is 268. The SMILES string of the molecule is CC(C)(C)OC(=O)CSC(=S)N1CCCC1. The van der Waals surface area contributed by atoms with Crippen molar-refractivity contribution in [3.8, 4) is 0 Å². The van der Waals surface area contributed by atoms with E-state index in [9.17, 15) is 4.79 Å². The number of ether oxygens (including phenoxy) is 1. The summed E-state index contributed by atoms with van der Waals surface area (Å²) in [7, 11) is 0. The van der Waals surface area contributed by atoms with Crippen LogP contribution >= 0.6 is 24.0 Å². The topological polar surface area (TPSA) is 29.5 Å². The Labute approximate surface area is 107 Å². The van der Waals surface area contributed by atoms with Gasteiger partial charge < -0.3 is 9.64 Å². The number of hydrogen-bond acceptors (Lipinski definition) is 4. The minimum absolute atomic E-state index is 0.195. The first-order valence-electron chi connectivity index (χ1n) is 5.52. The maximum Gasteiger partial charge on any atom is 0.316 e. The first-order valence-corrected chi connectivity index (χ1v) is 6.91. The molecular formula is C11H19NO2S2. The predicted octanol–water partition coefficient (Wildman–Crippen LogP) is 2.44. The number of carbonyl (C=O) groups excluding carboxylic acids is 1. The molecule has 0 unspecified atom stereocenters. The van der Waals surface area contributed by atoms with Gasteiger partial charge >= 0.3 is 5.97 Å². The van der Waals surface area contributed by atoms with Crippen LogP contribution in [0.2, 0.25) is 0 Å². The quantitative estimate of drug-likeness (QED) is 0.562. The highest BCUT2D eigenvalue weighted by Gasteiger charge is 2.19. The van der Waals surface area contributed by atoms with Crippen LogP contribution in [0.5, 0.6) is 0 Å². The van der Waals surface area contributed by atoms with E-state index in [2.05, 4.69) is 4.90 Å². The van der Waals surface area contributed by atoms with Crippen LogP contribution in [0.25, 0.3) is 0 Å². The lowest BCUT2D eigenvalue weighted by Gasteiger charge is -2.20. The van der Waals surface area contributed by atoms with Crippen molar-refractivity contribution in [2.24, 2.45) is 0 Å². The molecule has 1 saturated heterocycles. The largest absolute Gasteiger partial charge is 0.459 e. The fourth-order valence-corrected chi connectivity index (χ4v) is 2.51. The van der Waals surface area contributed by atoms with Gasteiger partial charge in [-0.25, -0.2) is 0 Å². The van der Waals surface area contributed by atoms with Crippen molar-refractivity contribution >= 4 is 34.3 Å². The standard InChI is InChI=1S/C11H19NO2S2/c1-11(2,3)14-9(13)8-16-10(15)12-6-4-5-7-12/h4-8H2,1-3H3. The van der Waals surface area contributed by atoms with E-state index in [0.29, 0.717) is 5.75 Å². The molecule has 0 atom stereocenters. The van der Waals surface area contributed by atoms with Gasteiger partial charge in [-0.05, 0) is 33.6 Å². The summed E-state index contributed by atoms with van der Waals surface area (Å²) >= 11 is 6.66. The summed E-state index contributed by atoms with van der Waals surface area (Å²) in [5.41, 5.74) is -0.410. The van der Waals surface area contributed by atoms with E-state index in [4.69, 9.17) is 17.0 Å². The van der Waals surface area contributed by atoms with Gasteiger partial charge in [-0.3, -0.25) is 4.79 Å². The molecule has 0 amide bonds. The summed E-state index contributed by atoms with van der Waals surface area (Å²) < 4.78 is 6.04. The Kier molecular flexibility index (Phi) is 5.05. The van der Waals surface area contributed by atoms with Gasteiger partial charge in [0, 0.05) is 13.1 Å². The van der Waals surface area contributed by atoms with E-state index in [0.717, 1.165) is 17.4 Å². The maximum atomic E-state index is 11.5. The molecule has 16 heavy (non-hydrogen) atoms. The van der Waals surface area contributed by atoms with Crippen molar-refractivity contribution in [3.63, 3.8) is 0 Å². The zero-order chi connectivity index (χ0) is 12.2. The Hall–Kier alpha value is -0.290. The van der Waals surface area contributed by atoms with Crippen molar-refractivity contribution in [1.82, 2.24) is 4.90 Å². The average Bonchev–Trinajstić information content (AvgIpc) is 2.64. The van der Waals surface area contributed by atoms with Crippen molar-refractivity contribution in [3.05, 3.63) is 0 Å². The van der Waals surface area contributed by atoms with Crippen LogP contribution in [0.15, 0.2) is 0 Å². The average molecular weight is 261 g/mol. The molecule has 3 nitrogen and oxygen atoms in total. The number of likely N-dealkylation sites (tertiary alicyclic amines) is 1. The summed E-state index contributed by atoms with van der Waals surface area (Å²) in [5.74, 6) is 0.117. The van der Waals surface area contributed by atoms with Gasteiger partial charge in [-0.15, -0.1) is 0 Å². The zero-order valence-corrected chi connectivity index (χ0v) is 11.7. The summed E-state index contributed by atoms with van der Waals surface area (Å²) in [5, 5.41) is 0. The number of nitrogens with zero attached hydrogens (tertiary/aromatic N) is 1. The van der Waals surface area contributed by atoms with Crippen LogP contribution in [0.3, 0.4) is 0 Å². The van der Waals surface area contributed by atoms with E-state index in [1.54, 1.807) is 0 Å². The first-order chi connectivity index (χ1) is 7.38. The summed E-state index contributed by atoms with van der Waals surface area (Å²) in [6.45, 7) is 7.66. The van der Waals surface area contributed by atoms with Gasteiger partial charge in [-0.2, -0.15) is 0 Å². The molecule has 5 heteroatoms. The number of esters is 1. The third-order valence-electron chi connectivity index (χ3n) is 2.10. The molecule has 0 aromatic heterocycles. The van der Waals surface area contributed by atoms with Crippen LogP contribution in [-0.2, 0) is 9.53 Å². The van der Waals surface area contributed by atoms with Gasteiger partial charge in [0.15, 0.2) is 0 Å². The molecule has 1 aliphatic rings. The number of rotatable bonds is 2. The normalized spacial score (nSPS) is 16.3. The lowest BCUT2D eigenvalue weighted by atomic mass is 10.2. The highest BCUT2D eigenvalue weighted by Crippen LogP contribution is 2.17. The highest BCUT2D eigenvalue weighted by molar-refractivity contribution is 8.23. The van der Waals surface area contributed by atoms with Crippen LogP contribution in [0, 0.1) is 0 Å². The number of hydrogen-bond donors (Lipinski definition) is 0. The fourth-order valence-electron chi connectivity index (χ4n) is 1.48. The Morgan fingerprint density at radius 2 is 1.94 bits per heavy atom. The van der Waals surface area contributed by atoms with Crippen molar-refractivity contribution in [2.45, 2.75) is 39.2 Å². The highest BCUT2D eigenvalue weighted by atomic mass is 32.2. The molecule has 0 N–H and O–H groups in total. The second-order valence-electron chi connectivity index (χ2n) is 4.84. The Morgan fingerprint density at radius 3 is 2.44 bits per heavy atom. The minimum atomic E-state index is -0.410. The van der Waals surface area contributed by atoms with E-state index in [-0.39, 0.29) is 5.97 Å². The molecule has 92 valence electrons. The molecule has 1 heterocycles. The number of thioether (sulfide) groups is 1. The third-order valence-corrected chi connectivity index (χ3v) is 3.59. The van der Waals surface area contributed by atoms with E-state index in [1.165, 1.54) is 24.6 Å².